The van der Waals surface area contributed by atoms with Crippen molar-refractivity contribution in [3.05, 3.63) is 36.4 Å². The number of hydrogen-bond donors (Lipinski definition) is 4. The van der Waals surface area contributed by atoms with Crippen LogP contribution in [0.3, 0.4) is 0 Å². The average Bonchev–Trinajstić information content (AvgIpc) is 2.91. The second-order valence-electron chi connectivity index (χ2n) is 10.2. The molecule has 8 nitrogen and oxygen atoms in total. The fourth-order valence-electron chi connectivity index (χ4n) is 4.70. The van der Waals surface area contributed by atoms with Gasteiger partial charge in [0.15, 0.2) is 0 Å². The van der Waals surface area contributed by atoms with Crippen LogP contribution >= 0.6 is 11.8 Å². The van der Waals surface area contributed by atoms with Crippen LogP contribution in [0.1, 0.15) is 91.3 Å². The molecule has 0 radical (unpaired) electrons. The molecule has 1 amide bonds. The maximum Gasteiger partial charge on any atom is 0.303 e. The van der Waals surface area contributed by atoms with Crippen LogP contribution in [0.5, 0.6) is 0 Å². The Morgan fingerprint density at radius 1 is 0.750 bits per heavy atom. The van der Waals surface area contributed by atoms with E-state index >= 15 is 0 Å². The van der Waals surface area contributed by atoms with Gasteiger partial charge in [-0.3, -0.25) is 14.1 Å². The van der Waals surface area contributed by atoms with E-state index < -0.39 is 16.1 Å². The van der Waals surface area contributed by atoms with Crippen molar-refractivity contribution in [1.29, 1.82) is 0 Å². The predicted octanol–water partition coefficient (Wildman–Crippen LogP) is 7.14. The SMILES string of the molecule is O=C(O)CCCCCCCCCCCCCCCSCC(=O)NCCNc1cccc2c(S(=O)(=O)O)cccc12.[HH]. The topological polar surface area (TPSA) is 133 Å². The van der Waals surface area contributed by atoms with Crippen LogP contribution in [0.25, 0.3) is 10.8 Å². The number of benzene rings is 2. The molecule has 0 saturated carbocycles. The predicted molar refractivity (Wildman–Crippen MR) is 167 cm³/mol. The van der Waals surface area contributed by atoms with Gasteiger partial charge in [-0.1, -0.05) is 94.9 Å². The van der Waals surface area contributed by atoms with Gasteiger partial charge in [-0.2, -0.15) is 20.2 Å². The highest BCUT2D eigenvalue weighted by Crippen LogP contribution is 2.28. The number of carboxylic acid groups (broad SMARTS) is 1. The number of fused-ring (bicyclic) bond motifs is 1. The van der Waals surface area contributed by atoms with Crippen LogP contribution in [0.15, 0.2) is 41.3 Å². The fourth-order valence-corrected chi connectivity index (χ4v) is 6.25. The number of anilines is 1. The summed E-state index contributed by atoms with van der Waals surface area (Å²) < 4.78 is 32.7. The van der Waals surface area contributed by atoms with Crippen LogP contribution in [0.2, 0.25) is 0 Å². The van der Waals surface area contributed by atoms with Crippen LogP contribution < -0.4 is 10.6 Å². The molecule has 2 rings (SSSR count). The second kappa shape index (κ2) is 19.7. The van der Waals surface area contributed by atoms with Gasteiger partial charge in [0.1, 0.15) is 4.90 Å². The van der Waals surface area contributed by atoms with E-state index in [-0.39, 0.29) is 12.2 Å². The number of rotatable bonds is 23. The highest BCUT2D eigenvalue weighted by Gasteiger charge is 2.14. The third-order valence-electron chi connectivity index (χ3n) is 6.84. The third kappa shape index (κ3) is 14.4. The summed E-state index contributed by atoms with van der Waals surface area (Å²) in [4.78, 5) is 22.5. The Morgan fingerprint density at radius 3 is 1.90 bits per heavy atom. The number of amides is 1. The summed E-state index contributed by atoms with van der Waals surface area (Å²) in [7, 11) is -4.31. The summed E-state index contributed by atoms with van der Waals surface area (Å²) in [6, 6.07) is 9.99. The maximum atomic E-state index is 12.1. The smallest absolute Gasteiger partial charge is 0.303 e. The molecule has 0 fully saturated rings. The van der Waals surface area contributed by atoms with Crippen molar-refractivity contribution in [2.45, 2.75) is 94.8 Å². The molecule has 2 aromatic carbocycles. The van der Waals surface area contributed by atoms with Crippen molar-refractivity contribution >= 4 is 50.2 Å². The van der Waals surface area contributed by atoms with E-state index in [0.29, 0.717) is 36.0 Å². The van der Waals surface area contributed by atoms with E-state index in [1.807, 2.05) is 6.07 Å². The van der Waals surface area contributed by atoms with Gasteiger partial charge in [0.05, 0.1) is 5.75 Å². The minimum atomic E-state index is -4.31. The van der Waals surface area contributed by atoms with Gasteiger partial charge in [0.25, 0.3) is 10.1 Å². The molecule has 0 heterocycles. The third-order valence-corrected chi connectivity index (χ3v) is 8.79. The summed E-state index contributed by atoms with van der Waals surface area (Å²) >= 11 is 1.67. The first-order valence-corrected chi connectivity index (χ1v) is 17.2. The molecular weight excluding hydrogens is 548 g/mol. The highest BCUT2D eigenvalue weighted by molar-refractivity contribution is 7.99. The molecule has 0 aliphatic rings. The van der Waals surface area contributed by atoms with E-state index in [9.17, 15) is 22.6 Å². The first-order chi connectivity index (χ1) is 19.3. The van der Waals surface area contributed by atoms with Gasteiger partial charge in [-0.25, -0.2) is 0 Å². The Hall–Kier alpha value is -2.30. The average molecular weight is 597 g/mol. The fraction of sp³-hybridized carbons (Fsp3) is 0.600. The molecular formula is C30H48N2O6S2. The number of carbonyl (C=O) groups excluding carboxylic acids is 1. The lowest BCUT2D eigenvalue weighted by Gasteiger charge is -2.12. The van der Waals surface area contributed by atoms with E-state index in [1.165, 1.54) is 63.9 Å². The van der Waals surface area contributed by atoms with Crippen LogP contribution in [0.4, 0.5) is 5.69 Å². The Morgan fingerprint density at radius 2 is 1.30 bits per heavy atom. The zero-order valence-corrected chi connectivity index (χ0v) is 25.2. The van der Waals surface area contributed by atoms with Gasteiger partial charge in [0, 0.05) is 37.4 Å². The number of unbranched alkanes of at least 4 members (excludes halogenated alkanes) is 12. The molecule has 2 aromatic rings. The minimum absolute atomic E-state index is 0. The lowest BCUT2D eigenvalue weighted by molar-refractivity contribution is -0.137. The number of aliphatic carboxylic acids is 1. The number of nitrogens with one attached hydrogen (secondary N) is 2. The van der Waals surface area contributed by atoms with E-state index in [2.05, 4.69) is 10.6 Å². The summed E-state index contributed by atoms with van der Waals surface area (Å²) in [5.41, 5.74) is 0.744. The van der Waals surface area contributed by atoms with Gasteiger partial charge in [-0.05, 0) is 30.7 Å². The summed E-state index contributed by atoms with van der Waals surface area (Å²) in [5.74, 6) is 0.764. The highest BCUT2D eigenvalue weighted by atomic mass is 32.2. The van der Waals surface area contributed by atoms with Crippen LogP contribution in [-0.4, -0.2) is 54.5 Å². The molecule has 0 unspecified atom stereocenters. The molecule has 226 valence electrons. The zero-order chi connectivity index (χ0) is 29.1. The first kappa shape index (κ1) is 33.9. The summed E-state index contributed by atoms with van der Waals surface area (Å²) in [6.45, 7) is 0.959. The van der Waals surface area contributed by atoms with Crippen molar-refractivity contribution in [3.63, 3.8) is 0 Å². The van der Waals surface area contributed by atoms with Crippen molar-refractivity contribution in [2.24, 2.45) is 0 Å². The molecule has 0 spiro atoms. The lowest BCUT2D eigenvalue weighted by Crippen LogP contribution is -2.30. The van der Waals surface area contributed by atoms with Gasteiger partial charge >= 0.3 is 5.97 Å². The molecule has 0 aliphatic carbocycles. The normalized spacial score (nSPS) is 11.5. The maximum absolute atomic E-state index is 12.1. The number of hydrogen-bond acceptors (Lipinski definition) is 6. The van der Waals surface area contributed by atoms with Crippen LogP contribution in [0, 0.1) is 0 Å². The number of thioether (sulfide) groups is 1. The largest absolute Gasteiger partial charge is 0.481 e. The lowest BCUT2D eigenvalue weighted by atomic mass is 10.0. The van der Waals surface area contributed by atoms with Crippen molar-refractivity contribution in [3.8, 4) is 0 Å². The summed E-state index contributed by atoms with van der Waals surface area (Å²) in [5, 5.41) is 15.9. The van der Waals surface area contributed by atoms with Gasteiger partial charge < -0.3 is 15.7 Å². The van der Waals surface area contributed by atoms with Crippen molar-refractivity contribution in [2.75, 3.05) is 29.9 Å². The van der Waals surface area contributed by atoms with Crippen molar-refractivity contribution in [1.82, 2.24) is 5.32 Å². The molecule has 0 bridgehead atoms. The number of carbonyl (C=O) groups is 2. The molecule has 4 N–H and O–H groups in total. The molecule has 0 atom stereocenters. The van der Waals surface area contributed by atoms with E-state index in [0.717, 1.165) is 37.1 Å². The molecule has 40 heavy (non-hydrogen) atoms. The molecule has 0 saturated heterocycles. The Bertz CT molecular complexity index is 1150. The summed E-state index contributed by atoms with van der Waals surface area (Å²) in [6.07, 6.45) is 15.8. The monoisotopic (exact) mass is 596 g/mol. The quantitative estimate of drug-likeness (QED) is 0.0786. The van der Waals surface area contributed by atoms with Crippen LogP contribution in [-0.2, 0) is 19.7 Å². The Kier molecular flexibility index (Phi) is 16.7. The second-order valence-corrected chi connectivity index (χ2v) is 12.7. The molecule has 0 aromatic heterocycles. The van der Waals surface area contributed by atoms with Crippen molar-refractivity contribution < 1.29 is 29.1 Å². The van der Waals surface area contributed by atoms with E-state index in [4.69, 9.17) is 5.11 Å². The first-order valence-electron chi connectivity index (χ1n) is 14.6. The van der Waals surface area contributed by atoms with Gasteiger partial charge in [0.2, 0.25) is 5.91 Å². The zero-order valence-electron chi connectivity index (χ0n) is 23.5. The Balaban J connectivity index is 0.00000840. The standard InChI is InChI=1S/C30H46N2O6S2.H2/c33-29(24-39-23-13-11-9-7-5-3-1-2-4-6-8-10-12-20-30(34)35)32-22-21-31-27-18-14-17-26-25(27)16-15-19-28(26)40(36,37)38;/h14-19,31H,1-13,20-24H2,(H,32,33)(H,34,35)(H,36,37,38);1H. The minimum Gasteiger partial charge on any atom is -0.481 e. The molecule has 10 heteroatoms. The van der Waals surface area contributed by atoms with E-state index in [1.54, 1.807) is 36.0 Å². The number of carboxylic acids is 1. The van der Waals surface area contributed by atoms with Gasteiger partial charge in [-0.15, -0.1) is 0 Å². The Labute approximate surface area is 245 Å². The molecule has 0 aliphatic heterocycles.